The van der Waals surface area contributed by atoms with Crippen LogP contribution >= 0.6 is 0 Å². The molecule has 9 heteroatoms. The van der Waals surface area contributed by atoms with Gasteiger partial charge < -0.3 is 5.32 Å². The molecule has 1 saturated heterocycles. The lowest BCUT2D eigenvalue weighted by atomic mass is 10.2. The summed E-state index contributed by atoms with van der Waals surface area (Å²) in [6, 6.07) is 20.3. The van der Waals surface area contributed by atoms with E-state index < -0.39 is 15.8 Å². The van der Waals surface area contributed by atoms with Gasteiger partial charge >= 0.3 is 6.03 Å². The first kappa shape index (κ1) is 21.3. The van der Waals surface area contributed by atoms with E-state index >= 15 is 0 Å². The summed E-state index contributed by atoms with van der Waals surface area (Å²) in [6.07, 6.45) is 0. The molecule has 1 aliphatic rings. The molecule has 7 nitrogen and oxygen atoms in total. The van der Waals surface area contributed by atoms with Crippen LogP contribution in [0.2, 0.25) is 0 Å². The largest absolute Gasteiger partial charge is 0.336 e. The highest BCUT2D eigenvalue weighted by Gasteiger charge is 2.28. The third-order valence-electron chi connectivity index (χ3n) is 5.10. The predicted molar refractivity (Wildman–Crippen MR) is 118 cm³/mol. The third-order valence-corrected chi connectivity index (χ3v) is 6.87. The van der Waals surface area contributed by atoms with Crippen LogP contribution in [0.5, 0.6) is 0 Å². The van der Waals surface area contributed by atoms with Gasteiger partial charge in [0, 0.05) is 18.8 Å². The van der Waals surface area contributed by atoms with Gasteiger partial charge in [-0.15, -0.1) is 0 Å². The van der Waals surface area contributed by atoms with Gasteiger partial charge in [0.05, 0.1) is 22.7 Å². The Hall–Kier alpha value is -3.90. The summed E-state index contributed by atoms with van der Waals surface area (Å²) < 4.78 is 42.2. The van der Waals surface area contributed by atoms with Crippen molar-refractivity contribution in [1.82, 2.24) is 5.32 Å². The van der Waals surface area contributed by atoms with E-state index in [1.54, 1.807) is 54.6 Å². The lowest BCUT2D eigenvalue weighted by Crippen LogP contribution is -2.31. The summed E-state index contributed by atoms with van der Waals surface area (Å²) in [5, 5.41) is 11.9. The van der Waals surface area contributed by atoms with Gasteiger partial charge in [-0.3, -0.25) is 9.21 Å². The van der Waals surface area contributed by atoms with Crippen molar-refractivity contribution >= 4 is 27.4 Å². The highest BCUT2D eigenvalue weighted by molar-refractivity contribution is 7.92. The van der Waals surface area contributed by atoms with Crippen molar-refractivity contribution in [3.05, 3.63) is 89.7 Å². The quantitative estimate of drug-likeness (QED) is 0.621. The van der Waals surface area contributed by atoms with Crippen LogP contribution < -0.4 is 14.5 Å². The molecule has 4 rings (SSSR count). The number of nitrogens with one attached hydrogen (secondary N) is 1. The smallest absolute Gasteiger partial charge is 0.321 e. The molecular weight excluding hydrogens is 431 g/mol. The molecule has 0 saturated carbocycles. The van der Waals surface area contributed by atoms with Crippen LogP contribution in [0, 0.1) is 17.1 Å². The summed E-state index contributed by atoms with van der Waals surface area (Å²) in [6.45, 7) is 0.983. The lowest BCUT2D eigenvalue weighted by molar-refractivity contribution is 0.252. The number of hydrogen-bond donors (Lipinski definition) is 1. The van der Waals surface area contributed by atoms with E-state index in [-0.39, 0.29) is 23.0 Å². The van der Waals surface area contributed by atoms with Crippen LogP contribution in [-0.4, -0.2) is 27.5 Å². The van der Waals surface area contributed by atoms with Gasteiger partial charge in [-0.25, -0.2) is 17.6 Å². The first-order valence-corrected chi connectivity index (χ1v) is 11.3. The number of urea groups is 1. The van der Waals surface area contributed by atoms with E-state index in [0.717, 1.165) is 23.8 Å². The Morgan fingerprint density at radius 1 is 1.06 bits per heavy atom. The fourth-order valence-electron chi connectivity index (χ4n) is 3.48. The molecule has 1 heterocycles. The lowest BCUT2D eigenvalue weighted by Gasteiger charge is -2.26. The van der Waals surface area contributed by atoms with Gasteiger partial charge in [-0.2, -0.15) is 5.26 Å². The van der Waals surface area contributed by atoms with Gasteiger partial charge in [-0.1, -0.05) is 36.4 Å². The van der Waals surface area contributed by atoms with Gasteiger partial charge in [-0.05, 0) is 42.0 Å². The number of halogens is 1. The number of sulfonamides is 1. The maximum Gasteiger partial charge on any atom is 0.321 e. The highest BCUT2D eigenvalue weighted by atomic mass is 32.2. The fourth-order valence-corrected chi connectivity index (χ4v) is 4.95. The zero-order valence-corrected chi connectivity index (χ0v) is 17.7. The summed E-state index contributed by atoms with van der Waals surface area (Å²) in [4.78, 5) is 13.4. The van der Waals surface area contributed by atoms with Crippen LogP contribution in [0.3, 0.4) is 0 Å². The molecule has 0 aliphatic carbocycles. The predicted octanol–water partition coefficient (Wildman–Crippen LogP) is 3.62. The van der Waals surface area contributed by atoms with Crippen LogP contribution in [-0.2, 0) is 16.6 Å². The topological polar surface area (TPSA) is 93.5 Å². The van der Waals surface area contributed by atoms with E-state index in [2.05, 4.69) is 5.32 Å². The Labute approximate surface area is 185 Å². The standard InChI is InChI=1S/C23H19FN4O3S/c24-22-10-9-21(13-18(22)15-25)32(30,31)28(16-17-5-2-1-3-6-17)20-8-4-7-19(14-20)27-12-11-26-23(27)29/h1-10,13-14H,11-12,16H2,(H,26,29). The minimum atomic E-state index is -4.16. The Morgan fingerprint density at radius 2 is 1.84 bits per heavy atom. The van der Waals surface area contributed by atoms with Crippen molar-refractivity contribution in [3.8, 4) is 6.07 Å². The molecule has 0 radical (unpaired) electrons. The molecule has 1 N–H and O–H groups in total. The van der Waals surface area contributed by atoms with E-state index in [9.17, 15) is 17.6 Å². The number of hydrogen-bond acceptors (Lipinski definition) is 4. The van der Waals surface area contributed by atoms with E-state index in [4.69, 9.17) is 5.26 Å². The Kier molecular flexibility index (Phi) is 5.79. The number of carbonyl (C=O) groups excluding carboxylic acids is 1. The molecule has 0 bridgehead atoms. The molecule has 162 valence electrons. The molecule has 0 spiro atoms. The maximum atomic E-state index is 13.8. The Bertz CT molecular complexity index is 1310. The van der Waals surface area contributed by atoms with Crippen LogP contribution in [0.4, 0.5) is 20.6 Å². The monoisotopic (exact) mass is 450 g/mol. The molecule has 1 aliphatic heterocycles. The summed E-state index contributed by atoms with van der Waals surface area (Å²) >= 11 is 0. The summed E-state index contributed by atoms with van der Waals surface area (Å²) in [5.41, 5.74) is 1.28. The van der Waals surface area contributed by atoms with Crippen LogP contribution in [0.15, 0.2) is 77.7 Å². The van der Waals surface area contributed by atoms with Crippen molar-refractivity contribution in [2.75, 3.05) is 22.3 Å². The van der Waals surface area contributed by atoms with Crippen LogP contribution in [0.1, 0.15) is 11.1 Å². The zero-order valence-electron chi connectivity index (χ0n) is 16.9. The molecule has 32 heavy (non-hydrogen) atoms. The van der Waals surface area contributed by atoms with Gasteiger partial charge in [0.25, 0.3) is 10.0 Å². The van der Waals surface area contributed by atoms with E-state index in [1.165, 1.54) is 9.21 Å². The van der Waals surface area contributed by atoms with Crippen molar-refractivity contribution in [2.24, 2.45) is 0 Å². The number of carbonyl (C=O) groups is 1. The number of nitrogens with zero attached hydrogens (tertiary/aromatic N) is 3. The van der Waals surface area contributed by atoms with Crippen molar-refractivity contribution in [1.29, 1.82) is 5.26 Å². The molecule has 0 aromatic heterocycles. The molecular formula is C23H19FN4O3S. The first-order valence-electron chi connectivity index (χ1n) is 9.82. The zero-order chi connectivity index (χ0) is 22.7. The SMILES string of the molecule is N#Cc1cc(S(=O)(=O)N(Cc2ccccc2)c2cccc(N3CCNC3=O)c2)ccc1F. The van der Waals surface area contributed by atoms with E-state index in [1.807, 2.05) is 6.07 Å². The molecule has 1 fully saturated rings. The maximum absolute atomic E-state index is 13.8. The number of benzene rings is 3. The Balaban J connectivity index is 1.81. The summed E-state index contributed by atoms with van der Waals surface area (Å²) in [5.74, 6) is -0.789. The average Bonchev–Trinajstić information content (AvgIpc) is 3.24. The normalized spacial score (nSPS) is 13.5. The van der Waals surface area contributed by atoms with Gasteiger partial charge in [0.15, 0.2) is 0 Å². The molecule has 2 amide bonds. The minimum absolute atomic E-state index is 0.0120. The van der Waals surface area contributed by atoms with Crippen molar-refractivity contribution in [2.45, 2.75) is 11.4 Å². The van der Waals surface area contributed by atoms with Gasteiger partial charge in [0.2, 0.25) is 0 Å². The second-order valence-corrected chi connectivity index (χ2v) is 9.02. The number of rotatable bonds is 6. The fraction of sp³-hybridized carbons (Fsp3) is 0.130. The average molecular weight is 450 g/mol. The van der Waals surface area contributed by atoms with Crippen molar-refractivity contribution in [3.63, 3.8) is 0 Å². The summed E-state index contributed by atoms with van der Waals surface area (Å²) in [7, 11) is -4.16. The second kappa shape index (κ2) is 8.69. The van der Waals surface area contributed by atoms with Crippen molar-refractivity contribution < 1.29 is 17.6 Å². The minimum Gasteiger partial charge on any atom is -0.336 e. The number of anilines is 2. The number of nitriles is 1. The number of amides is 2. The van der Waals surface area contributed by atoms with E-state index in [0.29, 0.717) is 24.5 Å². The Morgan fingerprint density at radius 3 is 2.53 bits per heavy atom. The molecule has 0 atom stereocenters. The molecule has 3 aromatic rings. The molecule has 0 unspecified atom stereocenters. The second-order valence-electron chi connectivity index (χ2n) is 7.15. The van der Waals surface area contributed by atoms with Gasteiger partial charge in [0.1, 0.15) is 11.9 Å². The van der Waals surface area contributed by atoms with Crippen LogP contribution in [0.25, 0.3) is 0 Å². The molecule has 3 aromatic carbocycles. The third kappa shape index (κ3) is 4.13. The highest BCUT2D eigenvalue weighted by Crippen LogP contribution is 2.30. The first-order chi connectivity index (χ1) is 15.4.